The van der Waals surface area contributed by atoms with Gasteiger partial charge in [0.15, 0.2) is 0 Å². The molecule has 0 aliphatic heterocycles. The van der Waals surface area contributed by atoms with Crippen molar-refractivity contribution in [2.45, 2.75) is 33.7 Å². The number of hydrogen-bond donors (Lipinski definition) is 1. The summed E-state index contributed by atoms with van der Waals surface area (Å²) in [6.45, 7) is 9.11. The first-order valence-corrected chi connectivity index (χ1v) is 9.99. The van der Waals surface area contributed by atoms with E-state index in [2.05, 4.69) is 47.8 Å². The van der Waals surface area contributed by atoms with Gasteiger partial charge in [-0.05, 0) is 41.0 Å². The van der Waals surface area contributed by atoms with Crippen molar-refractivity contribution in [2.24, 2.45) is 5.41 Å². The molecule has 1 aromatic carbocycles. The molecule has 2 heterocycles. The second kappa shape index (κ2) is 7.91. The molecule has 6 heteroatoms. The maximum absolute atomic E-state index is 12.2. The molecule has 0 saturated heterocycles. The lowest BCUT2D eigenvalue weighted by Crippen LogP contribution is -2.35. The molecule has 0 bridgehead atoms. The third-order valence-electron chi connectivity index (χ3n) is 4.07. The average molecular weight is 390 g/mol. The van der Waals surface area contributed by atoms with E-state index in [1.165, 1.54) is 16.9 Å². The molecule has 26 heavy (non-hydrogen) atoms. The fourth-order valence-electron chi connectivity index (χ4n) is 3.03. The minimum Gasteiger partial charge on any atom is -0.308 e. The van der Waals surface area contributed by atoms with Crippen molar-refractivity contribution >= 4 is 33.2 Å². The van der Waals surface area contributed by atoms with E-state index >= 15 is 0 Å². The van der Waals surface area contributed by atoms with Crippen LogP contribution in [0.2, 0.25) is 5.02 Å². The number of aromatic amines is 1. The lowest BCUT2D eigenvalue weighted by molar-refractivity contribution is 0.182. The Kier molecular flexibility index (Phi) is 5.80. The highest BCUT2D eigenvalue weighted by Crippen LogP contribution is 2.19. The maximum atomic E-state index is 12.2. The van der Waals surface area contributed by atoms with Crippen molar-refractivity contribution in [3.05, 3.63) is 62.5 Å². The van der Waals surface area contributed by atoms with E-state index in [9.17, 15) is 4.79 Å². The summed E-state index contributed by atoms with van der Waals surface area (Å²) in [5, 5.41) is 2.66. The quantitative estimate of drug-likeness (QED) is 0.663. The number of aromatic nitrogens is 2. The van der Waals surface area contributed by atoms with Gasteiger partial charge in [0.1, 0.15) is 10.5 Å². The smallest absolute Gasteiger partial charge is 0.268 e. The molecule has 138 valence electrons. The van der Waals surface area contributed by atoms with Crippen molar-refractivity contribution in [3.63, 3.8) is 0 Å². The second-order valence-electron chi connectivity index (χ2n) is 7.80. The fourth-order valence-corrected chi connectivity index (χ4v) is 3.88. The second-order valence-corrected chi connectivity index (χ2v) is 9.15. The van der Waals surface area contributed by atoms with Crippen LogP contribution in [-0.2, 0) is 13.0 Å². The monoisotopic (exact) mass is 389 g/mol. The van der Waals surface area contributed by atoms with Crippen LogP contribution >= 0.6 is 22.9 Å². The first kappa shape index (κ1) is 19.1. The van der Waals surface area contributed by atoms with Gasteiger partial charge in [-0.25, -0.2) is 4.98 Å². The number of thiophene rings is 1. The predicted octanol–water partition coefficient (Wildman–Crippen LogP) is 4.73. The standard InChI is InChI=1S/C20H24ClN3OS/c1-20(2,3)13-24(10-8-14-4-6-15(21)7-5-14)12-17-22-16-9-11-26-18(16)19(25)23-17/h4-7,9,11H,8,10,12-13H2,1-3H3,(H,22,23,25). The first-order chi connectivity index (χ1) is 12.3. The number of halogens is 1. The van der Waals surface area contributed by atoms with E-state index in [4.69, 9.17) is 11.6 Å². The summed E-state index contributed by atoms with van der Waals surface area (Å²) in [7, 11) is 0. The van der Waals surface area contributed by atoms with Crippen LogP contribution in [0.25, 0.3) is 10.2 Å². The molecule has 0 fully saturated rings. The molecular formula is C20H24ClN3OS. The summed E-state index contributed by atoms with van der Waals surface area (Å²) in [5.74, 6) is 0.723. The van der Waals surface area contributed by atoms with Crippen molar-refractivity contribution in [3.8, 4) is 0 Å². The number of hydrogen-bond acceptors (Lipinski definition) is 4. The average Bonchev–Trinajstić information content (AvgIpc) is 3.02. The molecule has 0 radical (unpaired) electrons. The molecule has 3 aromatic rings. The Labute approximate surface area is 162 Å². The molecular weight excluding hydrogens is 366 g/mol. The van der Waals surface area contributed by atoms with Gasteiger partial charge in [-0.15, -0.1) is 11.3 Å². The van der Waals surface area contributed by atoms with Gasteiger partial charge in [0.05, 0.1) is 12.1 Å². The normalized spacial score (nSPS) is 12.2. The molecule has 1 N–H and O–H groups in total. The minimum absolute atomic E-state index is 0.0478. The number of H-pyrrole nitrogens is 1. The van der Waals surface area contributed by atoms with Crippen molar-refractivity contribution < 1.29 is 0 Å². The van der Waals surface area contributed by atoms with Crippen LogP contribution in [0, 0.1) is 5.41 Å². The number of benzene rings is 1. The predicted molar refractivity (Wildman–Crippen MR) is 110 cm³/mol. The van der Waals surface area contributed by atoms with Gasteiger partial charge in [-0.3, -0.25) is 9.69 Å². The molecule has 0 aliphatic carbocycles. The van der Waals surface area contributed by atoms with Gasteiger partial charge in [0, 0.05) is 18.1 Å². The van der Waals surface area contributed by atoms with E-state index in [-0.39, 0.29) is 11.0 Å². The summed E-state index contributed by atoms with van der Waals surface area (Å²) in [5.41, 5.74) is 2.14. The van der Waals surface area contributed by atoms with Gasteiger partial charge in [-0.2, -0.15) is 0 Å². The van der Waals surface area contributed by atoms with Crippen LogP contribution in [-0.4, -0.2) is 28.0 Å². The molecule has 3 rings (SSSR count). The minimum atomic E-state index is -0.0478. The van der Waals surface area contributed by atoms with Crippen LogP contribution in [0.1, 0.15) is 32.2 Å². The van der Waals surface area contributed by atoms with Crippen molar-refractivity contribution in [1.82, 2.24) is 14.9 Å². The summed E-state index contributed by atoms with van der Waals surface area (Å²) in [4.78, 5) is 22.1. The molecule has 0 aliphatic rings. The zero-order valence-electron chi connectivity index (χ0n) is 15.4. The summed E-state index contributed by atoms with van der Waals surface area (Å²) < 4.78 is 0.692. The van der Waals surface area contributed by atoms with Gasteiger partial charge in [-0.1, -0.05) is 44.5 Å². The molecule has 0 saturated carbocycles. The highest BCUT2D eigenvalue weighted by molar-refractivity contribution is 7.17. The third-order valence-corrected chi connectivity index (χ3v) is 5.22. The number of nitrogens with zero attached hydrogens (tertiary/aromatic N) is 2. The van der Waals surface area contributed by atoms with Crippen molar-refractivity contribution in [2.75, 3.05) is 13.1 Å². The lowest BCUT2D eigenvalue weighted by atomic mass is 9.95. The van der Waals surface area contributed by atoms with E-state index < -0.39 is 0 Å². The Morgan fingerprint density at radius 3 is 2.62 bits per heavy atom. The molecule has 0 unspecified atom stereocenters. The first-order valence-electron chi connectivity index (χ1n) is 8.73. The topological polar surface area (TPSA) is 49.0 Å². The summed E-state index contributed by atoms with van der Waals surface area (Å²) in [6.07, 6.45) is 0.929. The molecule has 0 spiro atoms. The Hall–Kier alpha value is -1.69. The van der Waals surface area contributed by atoms with Gasteiger partial charge < -0.3 is 4.98 Å². The van der Waals surface area contributed by atoms with E-state index in [1.807, 2.05) is 23.6 Å². The van der Waals surface area contributed by atoms with Crippen LogP contribution in [0.5, 0.6) is 0 Å². The van der Waals surface area contributed by atoms with Crippen molar-refractivity contribution in [1.29, 1.82) is 0 Å². The largest absolute Gasteiger partial charge is 0.308 e. The SMILES string of the molecule is CC(C)(C)CN(CCc1ccc(Cl)cc1)Cc1nc2ccsc2c(=O)[nH]1. The van der Waals surface area contributed by atoms with Crippen LogP contribution in [0.15, 0.2) is 40.5 Å². The molecule has 4 nitrogen and oxygen atoms in total. The fraction of sp³-hybridized carbons (Fsp3) is 0.400. The number of rotatable bonds is 6. The highest BCUT2D eigenvalue weighted by atomic mass is 35.5. The molecule has 0 amide bonds. The lowest BCUT2D eigenvalue weighted by Gasteiger charge is -2.29. The Bertz CT molecular complexity index is 925. The van der Waals surface area contributed by atoms with Gasteiger partial charge in [0.25, 0.3) is 5.56 Å². The van der Waals surface area contributed by atoms with E-state index in [0.717, 1.165) is 35.9 Å². The van der Waals surface area contributed by atoms with Crippen LogP contribution in [0.4, 0.5) is 0 Å². The van der Waals surface area contributed by atoms with Gasteiger partial charge in [0.2, 0.25) is 0 Å². The number of nitrogens with one attached hydrogen (secondary N) is 1. The summed E-state index contributed by atoms with van der Waals surface area (Å²) in [6, 6.07) is 9.88. The molecule has 2 aromatic heterocycles. The van der Waals surface area contributed by atoms with E-state index in [1.54, 1.807) is 0 Å². The van der Waals surface area contributed by atoms with Gasteiger partial charge >= 0.3 is 0 Å². The summed E-state index contributed by atoms with van der Waals surface area (Å²) >= 11 is 7.40. The van der Waals surface area contributed by atoms with Crippen LogP contribution in [0.3, 0.4) is 0 Å². The zero-order chi connectivity index (χ0) is 18.7. The maximum Gasteiger partial charge on any atom is 0.268 e. The third kappa shape index (κ3) is 5.16. The Morgan fingerprint density at radius 2 is 1.92 bits per heavy atom. The molecule has 0 atom stereocenters. The highest BCUT2D eigenvalue weighted by Gasteiger charge is 2.18. The Balaban J connectivity index is 1.76. The number of fused-ring (bicyclic) bond motifs is 1. The van der Waals surface area contributed by atoms with Crippen LogP contribution < -0.4 is 5.56 Å². The Morgan fingerprint density at radius 1 is 1.19 bits per heavy atom. The van der Waals surface area contributed by atoms with E-state index in [0.29, 0.717) is 11.2 Å². The zero-order valence-corrected chi connectivity index (χ0v) is 17.0.